The second kappa shape index (κ2) is 4.75. The molecule has 5 heteroatoms. The van der Waals surface area contributed by atoms with Crippen molar-refractivity contribution in [2.45, 2.75) is 13.0 Å². The number of ether oxygens (including phenoxy) is 1. The smallest absolute Gasteiger partial charge is 0.253 e. The van der Waals surface area contributed by atoms with Crippen LogP contribution in [0.15, 0.2) is 18.2 Å². The Morgan fingerprint density at radius 3 is 2.80 bits per heavy atom. The van der Waals surface area contributed by atoms with Gasteiger partial charge in [0.1, 0.15) is 11.9 Å². The zero-order valence-electron chi connectivity index (χ0n) is 8.58. The van der Waals surface area contributed by atoms with E-state index in [2.05, 4.69) is 5.32 Å². The molecule has 1 aromatic rings. The average Bonchev–Trinajstić information content (AvgIpc) is 2.20. The lowest BCUT2D eigenvalue weighted by atomic mass is 10.2. The van der Waals surface area contributed by atoms with Crippen LogP contribution in [-0.2, 0) is 9.53 Å². The van der Waals surface area contributed by atoms with Gasteiger partial charge in [0.15, 0.2) is 0 Å². The number of nitrogens with one attached hydrogen (secondary N) is 1. The quantitative estimate of drug-likeness (QED) is 0.744. The van der Waals surface area contributed by atoms with E-state index in [1.807, 2.05) is 0 Å². The van der Waals surface area contributed by atoms with Crippen molar-refractivity contribution < 1.29 is 13.9 Å². The molecule has 1 atom stereocenters. The second-order valence-corrected chi connectivity index (χ2v) is 3.10. The molecule has 0 aromatic heterocycles. The van der Waals surface area contributed by atoms with Crippen molar-refractivity contribution >= 4 is 17.3 Å². The molecule has 4 nitrogen and oxygen atoms in total. The number of hydrogen-bond acceptors (Lipinski definition) is 3. The Morgan fingerprint density at radius 2 is 2.27 bits per heavy atom. The molecule has 15 heavy (non-hydrogen) atoms. The lowest BCUT2D eigenvalue weighted by molar-refractivity contribution is -0.124. The van der Waals surface area contributed by atoms with Crippen molar-refractivity contribution in [2.24, 2.45) is 0 Å². The van der Waals surface area contributed by atoms with Crippen molar-refractivity contribution in [2.75, 3.05) is 18.2 Å². The molecule has 0 bridgehead atoms. The Morgan fingerprint density at radius 1 is 1.60 bits per heavy atom. The predicted octanol–water partition coefficient (Wildman–Crippen LogP) is 1.38. The van der Waals surface area contributed by atoms with E-state index in [0.29, 0.717) is 5.69 Å². The van der Waals surface area contributed by atoms with Gasteiger partial charge in [-0.3, -0.25) is 4.79 Å². The molecule has 0 spiro atoms. The molecule has 0 aliphatic heterocycles. The van der Waals surface area contributed by atoms with E-state index in [0.717, 1.165) is 6.07 Å². The third-order valence-corrected chi connectivity index (χ3v) is 1.99. The van der Waals surface area contributed by atoms with Crippen LogP contribution in [0.5, 0.6) is 0 Å². The number of hydrogen-bond donors (Lipinski definition) is 2. The van der Waals surface area contributed by atoms with Crippen LogP contribution >= 0.6 is 0 Å². The first-order valence-electron chi connectivity index (χ1n) is 4.43. The second-order valence-electron chi connectivity index (χ2n) is 3.10. The number of amides is 1. The van der Waals surface area contributed by atoms with Gasteiger partial charge in [0.25, 0.3) is 5.91 Å². The molecule has 0 aliphatic rings. The number of methoxy groups -OCH3 is 1. The maximum absolute atomic E-state index is 12.7. The third-order valence-electron chi connectivity index (χ3n) is 1.99. The van der Waals surface area contributed by atoms with Gasteiger partial charge in [0.2, 0.25) is 0 Å². The van der Waals surface area contributed by atoms with Crippen LogP contribution < -0.4 is 11.1 Å². The first kappa shape index (κ1) is 11.5. The monoisotopic (exact) mass is 212 g/mol. The largest absolute Gasteiger partial charge is 0.397 e. The predicted molar refractivity (Wildman–Crippen MR) is 55.9 cm³/mol. The van der Waals surface area contributed by atoms with E-state index in [4.69, 9.17) is 10.5 Å². The summed E-state index contributed by atoms with van der Waals surface area (Å²) in [5.74, 6) is -0.763. The number of halogens is 1. The van der Waals surface area contributed by atoms with Crippen LogP contribution in [-0.4, -0.2) is 19.1 Å². The summed E-state index contributed by atoms with van der Waals surface area (Å²) >= 11 is 0. The van der Waals surface area contributed by atoms with E-state index in [9.17, 15) is 9.18 Å². The minimum Gasteiger partial charge on any atom is -0.397 e. The van der Waals surface area contributed by atoms with Crippen LogP contribution in [0.3, 0.4) is 0 Å². The van der Waals surface area contributed by atoms with Crippen molar-refractivity contribution in [3.8, 4) is 0 Å². The summed E-state index contributed by atoms with van der Waals surface area (Å²) in [5, 5.41) is 2.53. The highest BCUT2D eigenvalue weighted by Crippen LogP contribution is 2.19. The molecule has 3 N–H and O–H groups in total. The SMILES string of the molecule is COC(C)C(=O)Nc1ccc(F)cc1N. The molecule has 0 radical (unpaired) electrons. The molecule has 1 rings (SSSR count). The number of carbonyl (C=O) groups excluding carboxylic acids is 1. The Hall–Kier alpha value is -1.62. The number of carbonyl (C=O) groups is 1. The van der Waals surface area contributed by atoms with Gasteiger partial charge >= 0.3 is 0 Å². The molecule has 82 valence electrons. The summed E-state index contributed by atoms with van der Waals surface area (Å²) < 4.78 is 17.5. The number of rotatable bonds is 3. The average molecular weight is 212 g/mol. The number of anilines is 2. The standard InChI is InChI=1S/C10H13FN2O2/c1-6(15-2)10(14)13-9-4-3-7(11)5-8(9)12/h3-6H,12H2,1-2H3,(H,13,14). The van der Waals surface area contributed by atoms with Crippen LogP contribution in [0.1, 0.15) is 6.92 Å². The molecule has 1 aromatic carbocycles. The Balaban J connectivity index is 2.77. The Kier molecular flexibility index (Phi) is 3.62. The summed E-state index contributed by atoms with van der Waals surface area (Å²) in [6.07, 6.45) is -0.575. The number of nitrogens with two attached hydrogens (primary N) is 1. The summed E-state index contributed by atoms with van der Waals surface area (Å²) in [4.78, 5) is 11.4. The molecule has 0 saturated heterocycles. The molecule has 0 heterocycles. The van der Waals surface area contributed by atoms with Crippen LogP contribution in [0.25, 0.3) is 0 Å². The van der Waals surface area contributed by atoms with Crippen LogP contribution in [0.4, 0.5) is 15.8 Å². The fourth-order valence-electron chi connectivity index (χ4n) is 0.989. The summed E-state index contributed by atoms with van der Waals surface area (Å²) in [7, 11) is 1.43. The normalized spacial score (nSPS) is 12.2. The highest BCUT2D eigenvalue weighted by molar-refractivity contribution is 5.96. The van der Waals surface area contributed by atoms with Crippen molar-refractivity contribution in [3.05, 3.63) is 24.0 Å². The summed E-state index contributed by atoms with van der Waals surface area (Å²) in [6.45, 7) is 1.61. The van der Waals surface area contributed by atoms with Crippen LogP contribution in [0, 0.1) is 5.82 Å². The molecular formula is C10H13FN2O2. The number of benzene rings is 1. The Bertz CT molecular complexity index is 368. The fourth-order valence-corrected chi connectivity index (χ4v) is 0.989. The topological polar surface area (TPSA) is 64.3 Å². The summed E-state index contributed by atoms with van der Waals surface area (Å²) in [6, 6.07) is 3.78. The highest BCUT2D eigenvalue weighted by atomic mass is 19.1. The maximum atomic E-state index is 12.7. The van der Waals surface area contributed by atoms with Gasteiger partial charge in [0.05, 0.1) is 11.4 Å². The molecule has 0 aliphatic carbocycles. The number of nitrogen functional groups attached to an aromatic ring is 1. The summed E-state index contributed by atoms with van der Waals surface area (Å²) in [5.41, 5.74) is 6.08. The van der Waals surface area contributed by atoms with Crippen molar-refractivity contribution in [3.63, 3.8) is 0 Å². The molecule has 1 unspecified atom stereocenters. The van der Waals surface area contributed by atoms with Gasteiger partial charge in [-0.1, -0.05) is 0 Å². The van der Waals surface area contributed by atoms with Gasteiger partial charge < -0.3 is 15.8 Å². The van der Waals surface area contributed by atoms with E-state index >= 15 is 0 Å². The maximum Gasteiger partial charge on any atom is 0.253 e. The fraction of sp³-hybridized carbons (Fsp3) is 0.300. The van der Waals surface area contributed by atoms with Crippen LogP contribution in [0.2, 0.25) is 0 Å². The lowest BCUT2D eigenvalue weighted by Crippen LogP contribution is -2.26. The first-order valence-corrected chi connectivity index (χ1v) is 4.43. The molecule has 0 fully saturated rings. The third kappa shape index (κ3) is 2.92. The Labute approximate surface area is 87.2 Å². The zero-order valence-corrected chi connectivity index (χ0v) is 8.58. The van der Waals surface area contributed by atoms with Crippen molar-refractivity contribution in [1.82, 2.24) is 0 Å². The lowest BCUT2D eigenvalue weighted by Gasteiger charge is -2.11. The van der Waals surface area contributed by atoms with E-state index < -0.39 is 11.9 Å². The first-order chi connectivity index (χ1) is 7.04. The van der Waals surface area contributed by atoms with E-state index in [1.54, 1.807) is 6.92 Å². The van der Waals surface area contributed by atoms with Gasteiger partial charge in [-0.25, -0.2) is 4.39 Å². The van der Waals surface area contributed by atoms with Gasteiger partial charge in [0, 0.05) is 7.11 Å². The molecule has 1 amide bonds. The minimum atomic E-state index is -0.575. The van der Waals surface area contributed by atoms with E-state index in [1.165, 1.54) is 19.2 Å². The zero-order chi connectivity index (χ0) is 11.4. The minimum absolute atomic E-state index is 0.187. The van der Waals surface area contributed by atoms with Crippen molar-refractivity contribution in [1.29, 1.82) is 0 Å². The van der Waals surface area contributed by atoms with Gasteiger partial charge in [-0.2, -0.15) is 0 Å². The van der Waals surface area contributed by atoms with E-state index in [-0.39, 0.29) is 11.6 Å². The van der Waals surface area contributed by atoms with Gasteiger partial charge in [-0.15, -0.1) is 0 Å². The molecule has 0 saturated carbocycles. The highest BCUT2D eigenvalue weighted by Gasteiger charge is 2.12. The van der Waals surface area contributed by atoms with Gasteiger partial charge in [-0.05, 0) is 25.1 Å². The molecular weight excluding hydrogens is 199 g/mol.